The molecule has 3 aromatic carbocycles. The van der Waals surface area contributed by atoms with Crippen molar-refractivity contribution in [1.82, 2.24) is 9.47 Å². The third-order valence-corrected chi connectivity index (χ3v) is 7.93. The molecule has 236 valence electrons. The van der Waals surface area contributed by atoms with Crippen molar-refractivity contribution >= 4 is 6.47 Å². The first kappa shape index (κ1) is 30.7. The monoisotopic (exact) mass is 623 g/mol. The van der Waals surface area contributed by atoms with Crippen LogP contribution in [0.1, 0.15) is 34.2 Å². The Morgan fingerprint density at radius 3 is 2.63 bits per heavy atom. The first-order chi connectivity index (χ1) is 22.4. The molecule has 46 heavy (non-hydrogen) atoms. The van der Waals surface area contributed by atoms with Crippen LogP contribution in [-0.2, 0) is 29.3 Å². The van der Waals surface area contributed by atoms with E-state index in [1.165, 1.54) is 0 Å². The van der Waals surface area contributed by atoms with E-state index in [4.69, 9.17) is 23.7 Å². The Morgan fingerprint density at radius 2 is 1.80 bits per heavy atom. The van der Waals surface area contributed by atoms with Gasteiger partial charge in [-0.25, -0.2) is 0 Å². The van der Waals surface area contributed by atoms with Crippen LogP contribution in [0.15, 0.2) is 77.7 Å². The second kappa shape index (κ2) is 13.8. The van der Waals surface area contributed by atoms with Crippen molar-refractivity contribution in [3.8, 4) is 34.8 Å². The van der Waals surface area contributed by atoms with E-state index in [0.29, 0.717) is 79.0 Å². The van der Waals surface area contributed by atoms with Gasteiger partial charge >= 0.3 is 0 Å². The van der Waals surface area contributed by atoms with E-state index in [-0.39, 0.29) is 18.8 Å². The van der Waals surface area contributed by atoms with Crippen molar-refractivity contribution < 1.29 is 33.6 Å². The summed E-state index contributed by atoms with van der Waals surface area (Å²) in [7, 11) is 0. The molecule has 0 aliphatic carbocycles. The molecule has 0 radical (unpaired) electrons. The molecule has 2 atom stereocenters. The molecule has 0 unspecified atom stereocenters. The molecule has 11 heteroatoms. The van der Waals surface area contributed by atoms with Crippen LogP contribution in [0, 0.1) is 18.3 Å². The van der Waals surface area contributed by atoms with Gasteiger partial charge in [-0.15, -0.1) is 0 Å². The van der Waals surface area contributed by atoms with Crippen LogP contribution in [-0.4, -0.2) is 53.1 Å². The molecule has 0 saturated carbocycles. The van der Waals surface area contributed by atoms with E-state index in [0.717, 1.165) is 16.7 Å². The summed E-state index contributed by atoms with van der Waals surface area (Å²) in [4.78, 5) is 26.4. The van der Waals surface area contributed by atoms with E-state index in [2.05, 4.69) is 6.07 Å². The number of nitrogens with zero attached hydrogens (tertiary/aromatic N) is 3. The molecule has 0 bridgehead atoms. The van der Waals surface area contributed by atoms with Gasteiger partial charge in [-0.1, -0.05) is 12.1 Å². The van der Waals surface area contributed by atoms with Crippen molar-refractivity contribution in [2.45, 2.75) is 45.4 Å². The zero-order valence-corrected chi connectivity index (χ0v) is 25.3. The van der Waals surface area contributed by atoms with Gasteiger partial charge in [0.25, 0.3) is 12.0 Å². The van der Waals surface area contributed by atoms with Gasteiger partial charge in [0.05, 0.1) is 29.0 Å². The molecule has 2 aliphatic heterocycles. The number of rotatable bonds is 11. The summed E-state index contributed by atoms with van der Waals surface area (Å²) in [6.45, 7) is 4.12. The van der Waals surface area contributed by atoms with E-state index in [1.807, 2.05) is 30.0 Å². The van der Waals surface area contributed by atoms with Gasteiger partial charge in [-0.05, 0) is 60.5 Å². The van der Waals surface area contributed by atoms with Gasteiger partial charge in [-0.3, -0.25) is 19.1 Å². The lowest BCUT2D eigenvalue weighted by atomic mass is 10.1. The lowest BCUT2D eigenvalue weighted by Gasteiger charge is -2.24. The maximum absolute atomic E-state index is 13.5. The first-order valence-electron chi connectivity index (χ1n) is 14.9. The molecule has 1 N–H and O–H groups in total. The highest BCUT2D eigenvalue weighted by molar-refractivity contribution is 5.50. The summed E-state index contributed by atoms with van der Waals surface area (Å²) < 4.78 is 30.5. The summed E-state index contributed by atoms with van der Waals surface area (Å²) >= 11 is 0. The lowest BCUT2D eigenvalue weighted by Crippen LogP contribution is -2.31. The number of fused-ring (bicyclic) bond motifs is 1. The van der Waals surface area contributed by atoms with Crippen molar-refractivity contribution in [2.24, 2.45) is 0 Å². The highest BCUT2D eigenvalue weighted by atomic mass is 16.6. The zero-order chi connectivity index (χ0) is 32.0. The summed E-state index contributed by atoms with van der Waals surface area (Å²) in [5.41, 5.74) is 3.83. The third-order valence-electron chi connectivity index (χ3n) is 7.93. The number of nitriles is 1. The smallest absolute Gasteiger partial charge is 0.294 e. The number of ether oxygens (including phenoxy) is 5. The molecule has 1 saturated heterocycles. The second-order valence-corrected chi connectivity index (χ2v) is 11.2. The summed E-state index contributed by atoms with van der Waals surface area (Å²) in [6.07, 6.45) is 0.834. The minimum Gasteiger partial charge on any atom is -0.488 e. The Kier molecular flexibility index (Phi) is 9.19. The van der Waals surface area contributed by atoms with Crippen molar-refractivity contribution in [3.05, 3.63) is 111 Å². The number of aryl methyl sites for hydroxylation is 1. The fourth-order valence-corrected chi connectivity index (χ4v) is 5.66. The van der Waals surface area contributed by atoms with Crippen LogP contribution in [0.2, 0.25) is 0 Å². The minimum atomic E-state index is -0.621. The predicted molar refractivity (Wildman–Crippen MR) is 166 cm³/mol. The van der Waals surface area contributed by atoms with E-state index in [1.54, 1.807) is 59.3 Å². The number of aromatic nitrogens is 1. The predicted octanol–water partition coefficient (Wildman–Crippen LogP) is 4.01. The second-order valence-electron chi connectivity index (χ2n) is 11.2. The maximum Gasteiger partial charge on any atom is 0.294 e. The van der Waals surface area contributed by atoms with E-state index in [9.17, 15) is 20.0 Å². The fourth-order valence-electron chi connectivity index (χ4n) is 5.66. The minimum absolute atomic E-state index is 0.0155. The number of aliphatic hydroxyl groups is 1. The number of carbonyl (C=O) groups is 1. The van der Waals surface area contributed by atoms with Gasteiger partial charge in [0.1, 0.15) is 37.9 Å². The topological polar surface area (TPSA) is 132 Å². The van der Waals surface area contributed by atoms with Gasteiger partial charge < -0.3 is 28.8 Å². The average Bonchev–Trinajstić information content (AvgIpc) is 3.42. The number of hydrogen-bond donors (Lipinski definition) is 1. The highest BCUT2D eigenvalue weighted by Gasteiger charge is 2.33. The summed E-state index contributed by atoms with van der Waals surface area (Å²) in [5, 5.41) is 19.5. The van der Waals surface area contributed by atoms with Gasteiger partial charge in [0, 0.05) is 43.4 Å². The molecular weight excluding hydrogens is 590 g/mol. The molecule has 0 spiro atoms. The Labute approximate surface area is 265 Å². The molecule has 1 aromatic heterocycles. The van der Waals surface area contributed by atoms with Crippen LogP contribution >= 0.6 is 0 Å². The molecule has 4 aromatic rings. The molecule has 11 nitrogen and oxygen atoms in total. The summed E-state index contributed by atoms with van der Waals surface area (Å²) in [6, 6.07) is 21.9. The molecule has 6 rings (SSSR count). The Morgan fingerprint density at radius 1 is 0.978 bits per heavy atom. The molecule has 1 fully saturated rings. The van der Waals surface area contributed by atoms with Crippen LogP contribution in [0.5, 0.6) is 23.0 Å². The van der Waals surface area contributed by atoms with Gasteiger partial charge in [0.15, 0.2) is 17.7 Å². The van der Waals surface area contributed by atoms with E-state index >= 15 is 0 Å². The number of pyridine rings is 1. The SMILES string of the molecule is Cc1cc(CN2C[C@H](O)C[C@@H]2OC=O)c(OCc2cccc(C#N)c2)cc1OCc1cccn(-c2ccc3c(c2)OCCO3)c1=O. The average molecular weight is 624 g/mol. The normalized spacial score (nSPS) is 17.2. The van der Waals surface area contributed by atoms with Crippen molar-refractivity contribution in [2.75, 3.05) is 19.8 Å². The number of likely N-dealkylation sites (tertiary alicyclic amines) is 1. The zero-order valence-electron chi connectivity index (χ0n) is 25.3. The fraction of sp³-hybridized carbons (Fsp3) is 0.286. The Balaban J connectivity index is 1.25. The maximum atomic E-state index is 13.5. The molecular formula is C35H33N3O8. The quantitative estimate of drug-likeness (QED) is 0.245. The van der Waals surface area contributed by atoms with Crippen LogP contribution in [0.25, 0.3) is 5.69 Å². The molecule has 3 heterocycles. The van der Waals surface area contributed by atoms with E-state index < -0.39 is 12.3 Å². The van der Waals surface area contributed by atoms with Crippen LogP contribution in [0.4, 0.5) is 0 Å². The number of aliphatic hydroxyl groups excluding tert-OH is 1. The number of hydrogen-bond acceptors (Lipinski definition) is 10. The number of benzene rings is 3. The molecule has 2 aliphatic rings. The lowest BCUT2D eigenvalue weighted by molar-refractivity contribution is -0.141. The third kappa shape index (κ3) is 6.83. The Hall–Kier alpha value is -5.31. The highest BCUT2D eigenvalue weighted by Crippen LogP contribution is 2.34. The number of β-amino-alcohol motifs (C(OH)–C–C–N with tert-alkyl or cyclic N) is 1. The standard InChI is InChI=1S/C35H33N3O8/c1-23-12-27(18-37-19-29(40)15-34(37)46-22-39)32(44-20-25-5-2-4-24(13-25)17-36)16-31(23)45-21-26-6-3-9-38(35(26)41)28-7-8-30-33(14-28)43-11-10-42-30/h2-9,12-14,16,22,29,34,40H,10-11,15,18-21H2,1H3/t29-,34+/m1/s1. The van der Waals surface area contributed by atoms with Crippen LogP contribution < -0.4 is 24.5 Å². The number of carbonyl (C=O) groups excluding carboxylic acids is 1. The largest absolute Gasteiger partial charge is 0.488 e. The van der Waals surface area contributed by atoms with Gasteiger partial charge in [0.2, 0.25) is 0 Å². The van der Waals surface area contributed by atoms with Gasteiger partial charge in [-0.2, -0.15) is 5.26 Å². The van der Waals surface area contributed by atoms with Crippen molar-refractivity contribution in [3.63, 3.8) is 0 Å². The Bertz CT molecular complexity index is 1830. The molecule has 0 amide bonds. The van der Waals surface area contributed by atoms with Crippen LogP contribution in [0.3, 0.4) is 0 Å². The summed E-state index contributed by atoms with van der Waals surface area (Å²) in [5.74, 6) is 2.29. The first-order valence-corrected chi connectivity index (χ1v) is 14.9. The van der Waals surface area contributed by atoms with Crippen molar-refractivity contribution in [1.29, 1.82) is 5.26 Å².